The average Bonchev–Trinajstić information content (AvgIpc) is 3.04. The average molecular weight is 344 g/mol. The summed E-state index contributed by atoms with van der Waals surface area (Å²) in [7, 11) is -3.21. The number of halogens is 2. The van der Waals surface area contributed by atoms with E-state index in [1.807, 2.05) is 0 Å². The smallest absolute Gasteiger partial charge is 0.320 e. The van der Waals surface area contributed by atoms with Crippen LogP contribution in [0.1, 0.15) is 18.8 Å². The van der Waals surface area contributed by atoms with E-state index in [0.29, 0.717) is 10.1 Å². The van der Waals surface area contributed by atoms with Crippen LogP contribution < -0.4 is 0 Å². The van der Waals surface area contributed by atoms with Gasteiger partial charge < -0.3 is 4.74 Å². The summed E-state index contributed by atoms with van der Waals surface area (Å²) in [5, 5.41) is 0. The van der Waals surface area contributed by atoms with Crippen LogP contribution in [-0.2, 0) is 26.0 Å². The third-order valence-corrected chi connectivity index (χ3v) is 5.54. The van der Waals surface area contributed by atoms with Crippen molar-refractivity contribution >= 4 is 26.8 Å². The SMILES string of the molecule is O=C(OCc1nc2ccccc2n1C(F)F)[C@@H]1CCS(=O)(=O)C1. The van der Waals surface area contributed by atoms with E-state index in [0.717, 1.165) is 0 Å². The monoisotopic (exact) mass is 344 g/mol. The van der Waals surface area contributed by atoms with Gasteiger partial charge in [-0.3, -0.25) is 9.36 Å². The number of alkyl halides is 2. The first kappa shape index (κ1) is 15.9. The number of sulfone groups is 1. The molecule has 9 heteroatoms. The van der Waals surface area contributed by atoms with Crippen LogP contribution in [0.25, 0.3) is 11.0 Å². The van der Waals surface area contributed by atoms with Gasteiger partial charge in [0.1, 0.15) is 6.61 Å². The molecule has 0 bridgehead atoms. The van der Waals surface area contributed by atoms with E-state index in [2.05, 4.69) is 4.98 Å². The highest BCUT2D eigenvalue weighted by molar-refractivity contribution is 7.91. The largest absolute Gasteiger partial charge is 0.457 e. The highest BCUT2D eigenvalue weighted by Gasteiger charge is 2.34. The van der Waals surface area contributed by atoms with Gasteiger partial charge in [-0.1, -0.05) is 12.1 Å². The summed E-state index contributed by atoms with van der Waals surface area (Å²) < 4.78 is 54.9. The highest BCUT2D eigenvalue weighted by atomic mass is 32.2. The van der Waals surface area contributed by atoms with Crippen molar-refractivity contribution in [1.29, 1.82) is 0 Å². The van der Waals surface area contributed by atoms with Crippen LogP contribution in [0.15, 0.2) is 24.3 Å². The molecule has 1 aliphatic heterocycles. The lowest BCUT2D eigenvalue weighted by atomic mass is 10.1. The number of carbonyl (C=O) groups is 1. The Morgan fingerprint density at radius 2 is 2.13 bits per heavy atom. The van der Waals surface area contributed by atoms with Gasteiger partial charge >= 0.3 is 12.5 Å². The Kier molecular flexibility index (Phi) is 4.05. The van der Waals surface area contributed by atoms with Crippen LogP contribution in [0.5, 0.6) is 0 Å². The lowest BCUT2D eigenvalue weighted by molar-refractivity contribution is -0.149. The third kappa shape index (κ3) is 3.19. The topological polar surface area (TPSA) is 78.3 Å². The Morgan fingerprint density at radius 3 is 2.78 bits per heavy atom. The van der Waals surface area contributed by atoms with E-state index >= 15 is 0 Å². The van der Waals surface area contributed by atoms with Crippen LogP contribution >= 0.6 is 0 Å². The maximum atomic E-state index is 13.2. The van der Waals surface area contributed by atoms with Gasteiger partial charge in [0.15, 0.2) is 15.7 Å². The molecule has 1 atom stereocenters. The number of carbonyl (C=O) groups excluding carboxylic acids is 1. The fourth-order valence-electron chi connectivity index (χ4n) is 2.65. The van der Waals surface area contributed by atoms with Crippen LogP contribution in [0.4, 0.5) is 8.78 Å². The van der Waals surface area contributed by atoms with Gasteiger partial charge in [0.25, 0.3) is 0 Å². The molecule has 6 nitrogen and oxygen atoms in total. The lowest BCUT2D eigenvalue weighted by Crippen LogP contribution is -2.20. The highest BCUT2D eigenvalue weighted by Crippen LogP contribution is 2.24. The number of imidazole rings is 1. The molecule has 0 spiro atoms. The molecule has 1 aromatic carbocycles. The van der Waals surface area contributed by atoms with E-state index < -0.39 is 34.9 Å². The van der Waals surface area contributed by atoms with E-state index in [9.17, 15) is 22.0 Å². The van der Waals surface area contributed by atoms with Gasteiger partial charge in [-0.25, -0.2) is 13.4 Å². The van der Waals surface area contributed by atoms with Crippen molar-refractivity contribution in [1.82, 2.24) is 9.55 Å². The number of aromatic nitrogens is 2. The van der Waals surface area contributed by atoms with Gasteiger partial charge in [0.2, 0.25) is 0 Å². The number of rotatable bonds is 4. The third-order valence-electron chi connectivity index (χ3n) is 3.77. The molecule has 0 amide bonds. The Hall–Kier alpha value is -2.03. The second-order valence-corrected chi connectivity index (χ2v) is 7.60. The van der Waals surface area contributed by atoms with E-state index in [4.69, 9.17) is 4.74 Å². The zero-order chi connectivity index (χ0) is 16.6. The van der Waals surface area contributed by atoms with Crippen molar-refractivity contribution in [3.05, 3.63) is 30.1 Å². The summed E-state index contributed by atoms with van der Waals surface area (Å²) in [4.78, 5) is 15.9. The molecular weight excluding hydrogens is 330 g/mol. The van der Waals surface area contributed by atoms with Gasteiger partial charge in [-0.05, 0) is 18.6 Å². The summed E-state index contributed by atoms with van der Waals surface area (Å²) in [5.74, 6) is -1.81. The number of hydrogen-bond acceptors (Lipinski definition) is 5. The van der Waals surface area contributed by atoms with Crippen molar-refractivity contribution in [2.45, 2.75) is 19.6 Å². The normalized spacial score (nSPS) is 20.2. The molecule has 124 valence electrons. The van der Waals surface area contributed by atoms with Crippen molar-refractivity contribution in [3.63, 3.8) is 0 Å². The Morgan fingerprint density at radius 1 is 1.39 bits per heavy atom. The first-order valence-electron chi connectivity index (χ1n) is 6.98. The summed E-state index contributed by atoms with van der Waals surface area (Å²) >= 11 is 0. The first-order chi connectivity index (χ1) is 10.9. The molecule has 3 rings (SSSR count). The summed E-state index contributed by atoms with van der Waals surface area (Å²) in [6.07, 6.45) is 0.201. The number of benzene rings is 1. The molecule has 1 fully saturated rings. The van der Waals surface area contributed by atoms with Crippen molar-refractivity contribution in [3.8, 4) is 0 Å². The minimum atomic E-state index is -3.21. The number of ether oxygens (including phenoxy) is 1. The second kappa shape index (κ2) is 5.88. The number of fused-ring (bicyclic) bond motifs is 1. The molecule has 0 aliphatic carbocycles. The number of nitrogens with zero attached hydrogens (tertiary/aromatic N) is 2. The van der Waals surface area contributed by atoms with Crippen molar-refractivity contribution in [2.75, 3.05) is 11.5 Å². The maximum Gasteiger partial charge on any atom is 0.320 e. The van der Waals surface area contributed by atoms with E-state index in [1.54, 1.807) is 18.2 Å². The summed E-state index contributed by atoms with van der Waals surface area (Å²) in [5.41, 5.74) is 0.624. The Bertz CT molecular complexity index is 848. The van der Waals surface area contributed by atoms with Crippen molar-refractivity contribution < 1.29 is 26.7 Å². The molecule has 0 unspecified atom stereocenters. The van der Waals surface area contributed by atoms with E-state index in [1.165, 1.54) is 6.07 Å². The minimum absolute atomic E-state index is 0.0533. The molecule has 1 saturated heterocycles. The molecule has 1 aliphatic rings. The molecule has 0 N–H and O–H groups in total. The number of esters is 1. The van der Waals surface area contributed by atoms with Gasteiger partial charge in [-0.15, -0.1) is 0 Å². The van der Waals surface area contributed by atoms with Gasteiger partial charge in [0.05, 0.1) is 28.5 Å². The molecule has 2 heterocycles. The molecule has 1 aromatic heterocycles. The van der Waals surface area contributed by atoms with Crippen LogP contribution in [0, 0.1) is 5.92 Å². The first-order valence-corrected chi connectivity index (χ1v) is 8.80. The summed E-state index contributed by atoms with van der Waals surface area (Å²) in [6.45, 7) is -3.24. The molecular formula is C14H14F2N2O4S. The predicted molar refractivity (Wildman–Crippen MR) is 77.5 cm³/mol. The van der Waals surface area contributed by atoms with Gasteiger partial charge in [0, 0.05) is 0 Å². The van der Waals surface area contributed by atoms with Gasteiger partial charge in [-0.2, -0.15) is 8.78 Å². The van der Waals surface area contributed by atoms with Crippen LogP contribution in [0.2, 0.25) is 0 Å². The van der Waals surface area contributed by atoms with E-state index in [-0.39, 0.29) is 29.3 Å². The number of para-hydroxylation sites is 2. The maximum absolute atomic E-state index is 13.2. The second-order valence-electron chi connectivity index (χ2n) is 5.37. The Labute approximate surface area is 131 Å². The molecule has 2 aromatic rings. The minimum Gasteiger partial charge on any atom is -0.457 e. The molecule has 0 saturated carbocycles. The quantitative estimate of drug-likeness (QED) is 0.792. The van der Waals surface area contributed by atoms with Crippen LogP contribution in [0.3, 0.4) is 0 Å². The predicted octanol–water partition coefficient (Wildman–Crippen LogP) is 1.91. The fraction of sp³-hybridized carbons (Fsp3) is 0.429. The fourth-order valence-corrected chi connectivity index (χ4v) is 4.37. The number of hydrogen-bond donors (Lipinski definition) is 0. The zero-order valence-corrected chi connectivity index (χ0v) is 12.8. The van der Waals surface area contributed by atoms with Crippen LogP contribution in [-0.4, -0.2) is 35.4 Å². The molecule has 23 heavy (non-hydrogen) atoms. The van der Waals surface area contributed by atoms with Crippen molar-refractivity contribution in [2.24, 2.45) is 5.92 Å². The lowest BCUT2D eigenvalue weighted by Gasteiger charge is -2.10. The standard InChI is InChI=1S/C14H14F2N2O4S/c15-14(16)18-11-4-2-1-3-10(11)17-12(18)7-22-13(19)9-5-6-23(20,21)8-9/h1-4,9,14H,5-8H2/t9-/m1/s1. The summed E-state index contributed by atoms with van der Waals surface area (Å²) in [6, 6.07) is 6.37. The zero-order valence-electron chi connectivity index (χ0n) is 12.0. The molecule has 0 radical (unpaired) electrons. The Balaban J connectivity index is 1.77.